The number of nitrogens with one attached hydrogen (secondary N) is 1. The fourth-order valence-corrected chi connectivity index (χ4v) is 4.66. The topological polar surface area (TPSA) is 198 Å². The van der Waals surface area contributed by atoms with E-state index >= 15 is 0 Å². The molecule has 2 fully saturated rings. The number of ether oxygens (including phenoxy) is 1. The highest BCUT2D eigenvalue weighted by atomic mass is 31.2. The number of hydrogen-bond donors (Lipinski definition) is 5. The zero-order valence-corrected chi connectivity index (χ0v) is 17.5. The monoisotopic (exact) mass is 457 g/mol. The van der Waals surface area contributed by atoms with E-state index in [2.05, 4.69) is 15.0 Å². The van der Waals surface area contributed by atoms with Crippen molar-refractivity contribution >= 4 is 30.6 Å². The van der Waals surface area contributed by atoms with E-state index in [1.54, 1.807) is 11.9 Å². The minimum atomic E-state index is -4.51. The lowest BCUT2D eigenvalue weighted by Gasteiger charge is -2.22. The highest BCUT2D eigenvalue weighted by Crippen LogP contribution is 2.40. The van der Waals surface area contributed by atoms with Gasteiger partial charge in [0.1, 0.15) is 30.2 Å². The first-order valence-corrected chi connectivity index (χ1v) is 11.2. The number of fused-ring (bicyclic) bond motifs is 1. The lowest BCUT2D eigenvalue weighted by molar-refractivity contribution is -0.123. The van der Waals surface area contributed by atoms with Gasteiger partial charge in [0.25, 0.3) is 0 Å². The zero-order valence-electron chi connectivity index (χ0n) is 16.6. The number of aliphatic hydroxyl groups excluding tert-OH is 2. The van der Waals surface area contributed by atoms with Crippen molar-refractivity contribution in [3.63, 3.8) is 0 Å². The number of amides is 1. The summed E-state index contributed by atoms with van der Waals surface area (Å²) in [4.78, 5) is 36.0. The Balaban J connectivity index is 1.40. The molecule has 0 spiro atoms. The molecule has 2 aromatic rings. The average Bonchev–Trinajstić information content (AvgIpc) is 3.40. The summed E-state index contributed by atoms with van der Waals surface area (Å²) in [5.41, 5.74) is 6.33. The molecular weight excluding hydrogens is 433 g/mol. The quantitative estimate of drug-likeness (QED) is 0.310. The van der Waals surface area contributed by atoms with Crippen LogP contribution in [0.5, 0.6) is 0 Å². The van der Waals surface area contributed by atoms with Crippen LogP contribution in [0.2, 0.25) is 0 Å². The van der Waals surface area contributed by atoms with Gasteiger partial charge in [-0.2, -0.15) is 0 Å². The van der Waals surface area contributed by atoms with Gasteiger partial charge in [-0.05, 0) is 26.4 Å². The number of nitrogens with two attached hydrogens (primary N) is 1. The number of nitrogens with zero attached hydrogens (tertiary/aromatic N) is 5. The van der Waals surface area contributed by atoms with Crippen molar-refractivity contribution < 1.29 is 33.7 Å². The van der Waals surface area contributed by atoms with E-state index < -0.39 is 50.8 Å². The number of aromatic nitrogens is 4. The van der Waals surface area contributed by atoms with Gasteiger partial charge in [-0.3, -0.25) is 23.9 Å². The number of nitrogen functional groups attached to an aromatic ring is 1. The zero-order chi connectivity index (χ0) is 22.3. The van der Waals surface area contributed by atoms with E-state index in [0.717, 1.165) is 13.0 Å². The molecule has 4 rings (SSSR count). The van der Waals surface area contributed by atoms with Crippen LogP contribution in [-0.2, 0) is 18.6 Å². The Morgan fingerprint density at radius 1 is 1.39 bits per heavy atom. The van der Waals surface area contributed by atoms with Crippen LogP contribution in [0.25, 0.3) is 11.2 Å². The Kier molecular flexibility index (Phi) is 5.96. The van der Waals surface area contributed by atoms with Gasteiger partial charge in [0.05, 0.1) is 19.0 Å². The maximum atomic E-state index is 12.3. The lowest BCUT2D eigenvalue weighted by Crippen LogP contribution is -2.40. The molecule has 6 N–H and O–H groups in total. The van der Waals surface area contributed by atoms with Crippen LogP contribution in [-0.4, -0.2) is 90.0 Å². The van der Waals surface area contributed by atoms with E-state index in [-0.39, 0.29) is 11.5 Å². The molecule has 31 heavy (non-hydrogen) atoms. The van der Waals surface area contributed by atoms with Gasteiger partial charge in [-0.15, -0.1) is 0 Å². The molecule has 1 amide bonds. The Morgan fingerprint density at radius 3 is 2.87 bits per heavy atom. The molecule has 0 saturated carbocycles. The third-order valence-corrected chi connectivity index (χ3v) is 6.49. The van der Waals surface area contributed by atoms with Crippen LogP contribution in [0, 0.1) is 0 Å². The number of imidazole rings is 1. The lowest BCUT2D eigenvalue weighted by atomic mass is 10.1. The number of anilines is 1. The summed E-state index contributed by atoms with van der Waals surface area (Å²) in [6.07, 6.45) is -1.14. The van der Waals surface area contributed by atoms with Crippen molar-refractivity contribution in [3.05, 3.63) is 12.7 Å². The molecule has 6 atom stereocenters. The highest BCUT2D eigenvalue weighted by molar-refractivity contribution is 7.51. The molecule has 2 aliphatic rings. The summed E-state index contributed by atoms with van der Waals surface area (Å²) in [7, 11) is -2.75. The Labute approximate surface area is 176 Å². The predicted molar refractivity (Wildman–Crippen MR) is 105 cm³/mol. The number of likely N-dealkylation sites (tertiary alicyclic amines) is 1. The number of likely N-dealkylation sites (N-methyl/N-ethyl adjacent to an activating group) is 1. The molecular formula is C16H24N7O7P. The van der Waals surface area contributed by atoms with Crippen LogP contribution in [0.3, 0.4) is 0 Å². The van der Waals surface area contributed by atoms with Crippen LogP contribution in [0.1, 0.15) is 19.1 Å². The summed E-state index contributed by atoms with van der Waals surface area (Å²) in [5.74, 6) is -0.472. The molecule has 2 saturated heterocycles. The van der Waals surface area contributed by atoms with Crippen molar-refractivity contribution in [2.75, 3.05) is 25.9 Å². The third-order valence-electron chi connectivity index (χ3n) is 5.49. The molecule has 2 unspecified atom stereocenters. The highest BCUT2D eigenvalue weighted by Gasteiger charge is 2.45. The van der Waals surface area contributed by atoms with Crippen molar-refractivity contribution in [3.8, 4) is 0 Å². The predicted octanol–water partition coefficient (Wildman–Crippen LogP) is -1.64. The molecule has 0 aliphatic carbocycles. The molecule has 2 aromatic heterocycles. The number of hydrogen-bond acceptors (Lipinski definition) is 11. The first-order chi connectivity index (χ1) is 14.7. The number of carbonyl (C=O) groups excluding carboxylic acids is 1. The normalized spacial score (nSPS) is 31.2. The summed E-state index contributed by atoms with van der Waals surface area (Å²) < 4.78 is 24.3. The SMILES string of the molecule is CN1CCCC1C(=O)NP(=O)(O)OC[C@H]1O[C@@H](n2cnc3c(N)ncnc32)[C@H](O)[C@@H]1O. The number of rotatable bonds is 6. The maximum absolute atomic E-state index is 12.3. The molecule has 15 heteroatoms. The molecule has 0 aromatic carbocycles. The van der Waals surface area contributed by atoms with E-state index in [1.807, 2.05) is 5.09 Å². The van der Waals surface area contributed by atoms with Gasteiger partial charge in [0.2, 0.25) is 5.91 Å². The second-order valence-electron chi connectivity index (χ2n) is 7.56. The van der Waals surface area contributed by atoms with Crippen molar-refractivity contribution in [2.24, 2.45) is 0 Å². The first-order valence-electron chi connectivity index (χ1n) is 9.62. The van der Waals surface area contributed by atoms with Gasteiger partial charge in [-0.1, -0.05) is 0 Å². The van der Waals surface area contributed by atoms with Gasteiger partial charge in [0.15, 0.2) is 17.7 Å². The first kappa shape index (κ1) is 22.0. The Hall–Kier alpha value is -2.19. The van der Waals surface area contributed by atoms with Gasteiger partial charge in [0, 0.05) is 0 Å². The van der Waals surface area contributed by atoms with Crippen LogP contribution in [0.4, 0.5) is 5.82 Å². The van der Waals surface area contributed by atoms with Crippen LogP contribution in [0.15, 0.2) is 12.7 Å². The molecule has 170 valence electrons. The fraction of sp³-hybridized carbons (Fsp3) is 0.625. The van der Waals surface area contributed by atoms with Crippen LogP contribution >= 0.6 is 7.75 Å². The second kappa shape index (κ2) is 8.39. The average molecular weight is 457 g/mol. The van der Waals surface area contributed by atoms with Crippen LogP contribution < -0.4 is 10.8 Å². The summed E-state index contributed by atoms with van der Waals surface area (Å²) in [6, 6.07) is -0.507. The molecule has 4 heterocycles. The van der Waals surface area contributed by atoms with Crippen molar-refractivity contribution in [1.29, 1.82) is 0 Å². The van der Waals surface area contributed by atoms with Gasteiger partial charge < -0.3 is 25.6 Å². The minimum Gasteiger partial charge on any atom is -0.387 e. The number of carbonyl (C=O) groups is 1. The van der Waals surface area contributed by atoms with Gasteiger partial charge in [-0.25, -0.2) is 19.5 Å². The van der Waals surface area contributed by atoms with E-state index in [9.17, 15) is 24.5 Å². The van der Waals surface area contributed by atoms with E-state index in [4.69, 9.17) is 15.0 Å². The Bertz CT molecular complexity index is 1020. The van der Waals surface area contributed by atoms with Gasteiger partial charge >= 0.3 is 7.75 Å². The van der Waals surface area contributed by atoms with Crippen molar-refractivity contribution in [2.45, 2.75) is 43.4 Å². The molecule has 0 bridgehead atoms. The second-order valence-corrected chi connectivity index (χ2v) is 9.08. The minimum absolute atomic E-state index is 0.140. The fourth-order valence-electron chi connectivity index (χ4n) is 3.81. The Morgan fingerprint density at radius 2 is 2.16 bits per heavy atom. The molecule has 0 radical (unpaired) electrons. The van der Waals surface area contributed by atoms with Crippen molar-refractivity contribution in [1.82, 2.24) is 29.5 Å². The summed E-state index contributed by atoms with van der Waals surface area (Å²) >= 11 is 0. The third kappa shape index (κ3) is 4.28. The summed E-state index contributed by atoms with van der Waals surface area (Å²) in [5, 5.41) is 22.8. The maximum Gasteiger partial charge on any atom is 0.432 e. The smallest absolute Gasteiger partial charge is 0.387 e. The molecule has 14 nitrogen and oxygen atoms in total. The largest absolute Gasteiger partial charge is 0.432 e. The van der Waals surface area contributed by atoms with E-state index in [1.165, 1.54) is 17.2 Å². The van der Waals surface area contributed by atoms with E-state index in [0.29, 0.717) is 11.9 Å². The standard InChI is InChI=1S/C16H24N7O7P/c1-22-4-2-3-8(22)15(26)21-31(27,28)29-5-9-11(24)12(25)16(30-9)23-7-20-10-13(17)18-6-19-14(10)23/h6-9,11-12,16,24-25H,2-5H2,1H3,(H2,17,18,19)(H2,21,26,27,28)/t8?,9-,11-,12-,16-/m1/s1. The molecule has 2 aliphatic heterocycles. The number of aliphatic hydroxyl groups is 2. The summed E-state index contributed by atoms with van der Waals surface area (Å²) in [6.45, 7) is 0.169.